The number of aliphatic hydroxyl groups is 1. The number of hydrogen-bond donors (Lipinski definition) is 1. The van der Waals surface area contributed by atoms with Crippen molar-refractivity contribution in [2.75, 3.05) is 31.7 Å². The van der Waals surface area contributed by atoms with Gasteiger partial charge >= 0.3 is 0 Å². The maximum absolute atomic E-state index is 12.6. The molecule has 6 nitrogen and oxygen atoms in total. The Morgan fingerprint density at radius 2 is 2.09 bits per heavy atom. The number of aliphatic hydroxyl groups excluding tert-OH is 1. The quantitative estimate of drug-likeness (QED) is 0.535. The van der Waals surface area contributed by atoms with E-state index in [4.69, 9.17) is 21.1 Å². The molecule has 0 spiro atoms. The summed E-state index contributed by atoms with van der Waals surface area (Å²) in [7, 11) is 1.63. The number of anilines is 1. The van der Waals surface area contributed by atoms with E-state index in [9.17, 15) is 9.90 Å². The summed E-state index contributed by atoms with van der Waals surface area (Å²) in [4.78, 5) is 17.4. The number of ether oxygens (including phenoxy) is 2. The second-order valence-corrected chi connectivity index (χ2v) is 9.29. The van der Waals surface area contributed by atoms with E-state index in [1.807, 2.05) is 30.3 Å². The molecular weight excluding hydrogens is 471 g/mol. The van der Waals surface area contributed by atoms with Crippen LogP contribution in [-0.4, -0.2) is 48.9 Å². The maximum Gasteiger partial charge on any atom is 0.225 e. The van der Waals surface area contributed by atoms with Gasteiger partial charge in [0.2, 0.25) is 5.91 Å². The van der Waals surface area contributed by atoms with E-state index in [0.29, 0.717) is 17.4 Å². The zero-order valence-corrected chi connectivity index (χ0v) is 20.5. The van der Waals surface area contributed by atoms with Gasteiger partial charge < -0.3 is 14.6 Å². The lowest BCUT2D eigenvalue weighted by molar-refractivity contribution is -0.116. The van der Waals surface area contributed by atoms with Gasteiger partial charge in [0.1, 0.15) is 23.1 Å². The van der Waals surface area contributed by atoms with Gasteiger partial charge in [-0.2, -0.15) is 0 Å². The van der Waals surface area contributed by atoms with E-state index in [1.165, 1.54) is 0 Å². The van der Waals surface area contributed by atoms with Crippen molar-refractivity contribution in [3.63, 3.8) is 0 Å². The molecule has 2 atom stereocenters. The van der Waals surface area contributed by atoms with Crippen LogP contribution in [0.1, 0.15) is 37.1 Å². The number of amides is 1. The van der Waals surface area contributed by atoms with Gasteiger partial charge in [0.25, 0.3) is 0 Å². The number of methoxy groups -OCH3 is 1. The summed E-state index contributed by atoms with van der Waals surface area (Å²) in [5, 5.41) is 10.3. The first-order chi connectivity index (χ1) is 15.0. The first-order valence-corrected chi connectivity index (χ1v) is 11.7. The highest BCUT2D eigenvalue weighted by molar-refractivity contribution is 8.00. The minimum atomic E-state index is -0.333. The average Bonchev–Trinajstić information content (AvgIpc) is 3.34. The van der Waals surface area contributed by atoms with Gasteiger partial charge in [0.05, 0.1) is 19.4 Å². The number of likely N-dealkylation sites (tertiary alicyclic amines) is 1. The third kappa shape index (κ3) is 5.29. The Bertz CT molecular complexity index is 962. The van der Waals surface area contributed by atoms with Crippen molar-refractivity contribution in [3.8, 4) is 11.5 Å². The van der Waals surface area contributed by atoms with Crippen molar-refractivity contribution >= 4 is 47.4 Å². The average molecular weight is 499 g/mol. The Hall–Kier alpha value is -1.64. The summed E-state index contributed by atoms with van der Waals surface area (Å²) < 4.78 is 11.6. The van der Waals surface area contributed by atoms with E-state index in [2.05, 4.69) is 4.90 Å². The summed E-state index contributed by atoms with van der Waals surface area (Å²) in [6, 6.07) is 11.3. The molecule has 2 unspecified atom stereocenters. The fourth-order valence-corrected chi connectivity index (χ4v) is 5.75. The minimum Gasteiger partial charge on any atom is -0.497 e. The molecule has 1 N–H and O–H groups in total. The lowest BCUT2D eigenvalue weighted by Crippen LogP contribution is -2.30. The van der Waals surface area contributed by atoms with Gasteiger partial charge in [-0.25, -0.2) is 0 Å². The molecule has 1 saturated heterocycles. The number of halogens is 2. The van der Waals surface area contributed by atoms with Crippen LogP contribution >= 0.6 is 35.8 Å². The Morgan fingerprint density at radius 3 is 2.78 bits per heavy atom. The SMILES string of the molecule is COc1ccc(OCCCN2CCCC2O)c(C2Sc3cc(Cl)ccc3N2C(C)=O)c1.Cl. The van der Waals surface area contributed by atoms with E-state index < -0.39 is 0 Å². The highest BCUT2D eigenvalue weighted by Gasteiger charge is 2.36. The number of fused-ring (bicyclic) bond motifs is 1. The molecule has 0 aliphatic carbocycles. The molecule has 1 fully saturated rings. The topological polar surface area (TPSA) is 62.2 Å². The third-order valence-corrected chi connectivity index (χ3v) is 7.16. The Balaban J connectivity index is 0.00000289. The summed E-state index contributed by atoms with van der Waals surface area (Å²) in [5.41, 5.74) is 1.73. The normalized spacial score (nSPS) is 20.1. The molecule has 174 valence electrons. The smallest absolute Gasteiger partial charge is 0.225 e. The second-order valence-electron chi connectivity index (χ2n) is 7.74. The van der Waals surface area contributed by atoms with Gasteiger partial charge in [0, 0.05) is 35.5 Å². The predicted molar refractivity (Wildman–Crippen MR) is 130 cm³/mol. The molecule has 0 aromatic heterocycles. The van der Waals surface area contributed by atoms with Crippen LogP contribution in [0.3, 0.4) is 0 Å². The molecule has 4 rings (SSSR count). The predicted octanol–water partition coefficient (Wildman–Crippen LogP) is 5.11. The van der Waals surface area contributed by atoms with Crippen molar-refractivity contribution in [3.05, 3.63) is 47.0 Å². The minimum absolute atomic E-state index is 0. The number of carbonyl (C=O) groups excluding carboxylic acids is 1. The van der Waals surface area contributed by atoms with Gasteiger partial charge in [-0.3, -0.25) is 14.6 Å². The summed E-state index contributed by atoms with van der Waals surface area (Å²) in [6.07, 6.45) is 2.36. The number of rotatable bonds is 7. The Kier molecular flexibility index (Phi) is 8.58. The monoisotopic (exact) mass is 498 g/mol. The number of benzene rings is 2. The molecule has 1 amide bonds. The van der Waals surface area contributed by atoms with Crippen molar-refractivity contribution in [1.82, 2.24) is 4.90 Å². The molecule has 0 bridgehead atoms. The van der Waals surface area contributed by atoms with Gasteiger partial charge in [0.15, 0.2) is 0 Å². The second kappa shape index (κ2) is 11.0. The molecule has 2 aromatic rings. The Labute approximate surface area is 204 Å². The van der Waals surface area contributed by atoms with Crippen LogP contribution in [0.25, 0.3) is 0 Å². The van der Waals surface area contributed by atoms with Crippen LogP contribution in [0.15, 0.2) is 41.3 Å². The maximum atomic E-state index is 12.6. The molecule has 0 saturated carbocycles. The summed E-state index contributed by atoms with van der Waals surface area (Å²) in [6.45, 7) is 3.83. The molecule has 0 radical (unpaired) electrons. The van der Waals surface area contributed by atoms with E-state index in [0.717, 1.165) is 54.2 Å². The lowest BCUT2D eigenvalue weighted by atomic mass is 10.1. The molecule has 2 heterocycles. The third-order valence-electron chi connectivity index (χ3n) is 5.65. The number of nitrogens with zero attached hydrogens (tertiary/aromatic N) is 2. The first kappa shape index (κ1) is 25.0. The van der Waals surface area contributed by atoms with E-state index in [-0.39, 0.29) is 29.9 Å². The molecular formula is C23H28Cl2N2O4S. The van der Waals surface area contributed by atoms with Gasteiger partial charge in [-0.15, -0.1) is 12.4 Å². The first-order valence-electron chi connectivity index (χ1n) is 10.5. The fourth-order valence-electron chi connectivity index (χ4n) is 4.12. The number of thioether (sulfide) groups is 1. The van der Waals surface area contributed by atoms with Crippen LogP contribution in [0.5, 0.6) is 11.5 Å². The standard InChI is InChI=1S/C23H27ClN2O4S.ClH/c1-15(27)26-19-8-6-16(24)13-21(19)31-23(26)18-14-17(29-2)7-9-20(18)30-12-4-11-25-10-3-5-22(25)28;/h6-9,13-14,22-23,28H,3-5,10-12H2,1-2H3;1H. The summed E-state index contributed by atoms with van der Waals surface area (Å²) >= 11 is 7.77. The van der Waals surface area contributed by atoms with Gasteiger partial charge in [-0.1, -0.05) is 23.4 Å². The van der Waals surface area contributed by atoms with Crippen molar-refractivity contribution in [1.29, 1.82) is 0 Å². The van der Waals surface area contributed by atoms with Crippen LogP contribution < -0.4 is 14.4 Å². The zero-order valence-electron chi connectivity index (χ0n) is 18.1. The van der Waals surface area contributed by atoms with E-state index >= 15 is 0 Å². The fraction of sp³-hybridized carbons (Fsp3) is 0.435. The van der Waals surface area contributed by atoms with Crippen molar-refractivity contribution in [2.24, 2.45) is 0 Å². The van der Waals surface area contributed by atoms with Crippen molar-refractivity contribution < 1.29 is 19.4 Å². The van der Waals surface area contributed by atoms with Crippen molar-refractivity contribution in [2.45, 2.75) is 42.7 Å². The number of hydrogen-bond acceptors (Lipinski definition) is 6. The molecule has 9 heteroatoms. The molecule has 32 heavy (non-hydrogen) atoms. The van der Waals surface area contributed by atoms with Crippen LogP contribution in [0.4, 0.5) is 5.69 Å². The van der Waals surface area contributed by atoms with Crippen LogP contribution in [0, 0.1) is 0 Å². The largest absolute Gasteiger partial charge is 0.497 e. The van der Waals surface area contributed by atoms with Crippen LogP contribution in [-0.2, 0) is 4.79 Å². The molecule has 2 aromatic carbocycles. The Morgan fingerprint density at radius 1 is 1.28 bits per heavy atom. The van der Waals surface area contributed by atoms with Gasteiger partial charge in [-0.05, 0) is 55.7 Å². The number of carbonyl (C=O) groups is 1. The zero-order chi connectivity index (χ0) is 22.0. The van der Waals surface area contributed by atoms with E-state index in [1.54, 1.807) is 36.8 Å². The molecule has 2 aliphatic heterocycles. The lowest BCUT2D eigenvalue weighted by Gasteiger charge is -2.26. The van der Waals surface area contributed by atoms with Crippen LogP contribution in [0.2, 0.25) is 5.02 Å². The highest BCUT2D eigenvalue weighted by atomic mass is 35.5. The summed E-state index contributed by atoms with van der Waals surface area (Å²) in [5.74, 6) is 1.39. The highest BCUT2D eigenvalue weighted by Crippen LogP contribution is 2.54. The molecule has 2 aliphatic rings.